The molecule has 0 saturated carbocycles. The molecule has 0 radical (unpaired) electrons. The van der Waals surface area contributed by atoms with Gasteiger partial charge in [0.25, 0.3) is 0 Å². The summed E-state index contributed by atoms with van der Waals surface area (Å²) in [7, 11) is 0. The van der Waals surface area contributed by atoms with E-state index in [1.807, 2.05) is 30.3 Å². The van der Waals surface area contributed by atoms with Crippen molar-refractivity contribution in [2.45, 2.75) is 24.9 Å². The molecule has 1 saturated heterocycles. The summed E-state index contributed by atoms with van der Waals surface area (Å²) in [6.07, 6.45) is 4.10. The monoisotopic (exact) mass is 243 g/mol. The minimum Gasteiger partial charge on any atom is -0.385 e. The second-order valence-corrected chi connectivity index (χ2v) is 4.91. The minimum atomic E-state index is -0.762. The fourth-order valence-electron chi connectivity index (χ4n) is 2.58. The summed E-state index contributed by atoms with van der Waals surface area (Å²) >= 11 is 0. The molecule has 1 aliphatic rings. The molecule has 1 N–H and O–H groups in total. The molecule has 2 heterocycles. The van der Waals surface area contributed by atoms with E-state index in [0.717, 1.165) is 35.9 Å². The number of pyridine rings is 1. The van der Waals surface area contributed by atoms with Gasteiger partial charge in [-0.2, -0.15) is 0 Å². The van der Waals surface area contributed by atoms with Crippen molar-refractivity contribution in [2.24, 2.45) is 0 Å². The molecule has 1 atom stereocenters. The van der Waals surface area contributed by atoms with E-state index in [2.05, 4.69) is 4.98 Å². The molecule has 1 aromatic heterocycles. The van der Waals surface area contributed by atoms with Gasteiger partial charge in [0.15, 0.2) is 0 Å². The maximum absolute atomic E-state index is 10.8. The first-order valence-corrected chi connectivity index (χ1v) is 6.43. The van der Waals surface area contributed by atoms with Crippen LogP contribution in [0.25, 0.3) is 10.9 Å². The quantitative estimate of drug-likeness (QED) is 0.837. The van der Waals surface area contributed by atoms with Gasteiger partial charge in [0.05, 0.1) is 11.1 Å². The normalized spacial score (nSPS) is 24.9. The molecular weight excluding hydrogens is 226 g/mol. The van der Waals surface area contributed by atoms with Crippen LogP contribution in [0.4, 0.5) is 0 Å². The molecule has 1 unspecified atom stereocenters. The Labute approximate surface area is 106 Å². The Bertz CT molecular complexity index is 545. The molecule has 3 heteroatoms. The van der Waals surface area contributed by atoms with E-state index in [1.165, 1.54) is 0 Å². The van der Waals surface area contributed by atoms with Gasteiger partial charge in [-0.3, -0.25) is 4.98 Å². The number of rotatable bonds is 1. The Morgan fingerprint density at radius 2 is 2.11 bits per heavy atom. The molecular formula is C15H17NO2. The third kappa shape index (κ3) is 2.11. The van der Waals surface area contributed by atoms with Gasteiger partial charge in [-0.1, -0.05) is 18.2 Å². The Kier molecular flexibility index (Phi) is 3.02. The number of fused-ring (bicyclic) bond motifs is 1. The SMILES string of the molecule is OC1(c2ccc3cccnc3c2)CCCOCC1. The lowest BCUT2D eigenvalue weighted by atomic mass is 9.86. The molecule has 0 amide bonds. The second-order valence-electron chi connectivity index (χ2n) is 4.91. The molecule has 3 nitrogen and oxygen atoms in total. The predicted molar refractivity (Wildman–Crippen MR) is 70.3 cm³/mol. The lowest BCUT2D eigenvalue weighted by Gasteiger charge is -2.26. The largest absolute Gasteiger partial charge is 0.385 e. The van der Waals surface area contributed by atoms with E-state index in [-0.39, 0.29) is 0 Å². The van der Waals surface area contributed by atoms with Crippen molar-refractivity contribution in [2.75, 3.05) is 13.2 Å². The molecule has 1 fully saturated rings. The highest BCUT2D eigenvalue weighted by Crippen LogP contribution is 2.33. The van der Waals surface area contributed by atoms with Gasteiger partial charge in [0.1, 0.15) is 0 Å². The van der Waals surface area contributed by atoms with E-state index in [0.29, 0.717) is 13.0 Å². The van der Waals surface area contributed by atoms with Crippen LogP contribution in [0.1, 0.15) is 24.8 Å². The van der Waals surface area contributed by atoms with Gasteiger partial charge in [0.2, 0.25) is 0 Å². The van der Waals surface area contributed by atoms with Crippen LogP contribution >= 0.6 is 0 Å². The number of hydrogen-bond donors (Lipinski definition) is 1. The Morgan fingerprint density at radius 1 is 1.17 bits per heavy atom. The third-order valence-corrected chi connectivity index (χ3v) is 3.68. The fourth-order valence-corrected chi connectivity index (χ4v) is 2.58. The van der Waals surface area contributed by atoms with Crippen LogP contribution in [0, 0.1) is 0 Å². The molecule has 1 aliphatic heterocycles. The van der Waals surface area contributed by atoms with Gasteiger partial charge < -0.3 is 9.84 Å². The van der Waals surface area contributed by atoms with Crippen molar-refractivity contribution in [1.82, 2.24) is 4.98 Å². The Balaban J connectivity index is 2.02. The van der Waals surface area contributed by atoms with E-state index in [4.69, 9.17) is 4.74 Å². The van der Waals surface area contributed by atoms with E-state index < -0.39 is 5.60 Å². The van der Waals surface area contributed by atoms with Crippen molar-refractivity contribution >= 4 is 10.9 Å². The first-order chi connectivity index (χ1) is 8.78. The second kappa shape index (κ2) is 4.67. The zero-order valence-corrected chi connectivity index (χ0v) is 10.3. The maximum atomic E-state index is 10.8. The van der Waals surface area contributed by atoms with Gasteiger partial charge in [0, 0.05) is 31.2 Å². The van der Waals surface area contributed by atoms with Crippen molar-refractivity contribution in [1.29, 1.82) is 0 Å². The van der Waals surface area contributed by atoms with E-state index in [1.54, 1.807) is 6.20 Å². The highest BCUT2D eigenvalue weighted by atomic mass is 16.5. The first kappa shape index (κ1) is 11.6. The van der Waals surface area contributed by atoms with Crippen LogP contribution in [0.5, 0.6) is 0 Å². The van der Waals surface area contributed by atoms with Crippen LogP contribution in [0.2, 0.25) is 0 Å². The average Bonchev–Trinajstić information content (AvgIpc) is 2.64. The standard InChI is InChI=1S/C15H17NO2/c17-15(6-2-9-18-10-7-15)13-5-4-12-3-1-8-16-14(12)11-13/h1,3-5,8,11,17H,2,6-7,9-10H2. The van der Waals surface area contributed by atoms with E-state index >= 15 is 0 Å². The molecule has 3 rings (SSSR count). The first-order valence-electron chi connectivity index (χ1n) is 6.43. The van der Waals surface area contributed by atoms with Crippen LogP contribution < -0.4 is 0 Å². The van der Waals surface area contributed by atoms with Crippen LogP contribution in [-0.4, -0.2) is 23.3 Å². The summed E-state index contributed by atoms with van der Waals surface area (Å²) < 4.78 is 5.42. The van der Waals surface area contributed by atoms with Gasteiger partial charge in [-0.25, -0.2) is 0 Å². The van der Waals surface area contributed by atoms with Crippen LogP contribution in [0.15, 0.2) is 36.5 Å². The summed E-state index contributed by atoms with van der Waals surface area (Å²) in [5, 5.41) is 11.9. The molecule has 2 aromatic rings. The Morgan fingerprint density at radius 3 is 3.06 bits per heavy atom. The van der Waals surface area contributed by atoms with Crippen LogP contribution in [0.3, 0.4) is 0 Å². The topological polar surface area (TPSA) is 42.4 Å². The van der Waals surface area contributed by atoms with Gasteiger partial charge in [-0.05, 0) is 30.5 Å². The number of aliphatic hydroxyl groups is 1. The smallest absolute Gasteiger partial charge is 0.0920 e. The number of benzene rings is 1. The van der Waals surface area contributed by atoms with Crippen LogP contribution in [-0.2, 0) is 10.3 Å². The molecule has 0 bridgehead atoms. The number of ether oxygens (including phenoxy) is 1. The number of aromatic nitrogens is 1. The molecule has 0 aliphatic carbocycles. The lowest BCUT2D eigenvalue weighted by Crippen LogP contribution is -2.25. The zero-order chi connectivity index (χ0) is 12.4. The highest BCUT2D eigenvalue weighted by molar-refractivity contribution is 5.79. The van der Waals surface area contributed by atoms with E-state index in [9.17, 15) is 5.11 Å². The minimum absolute atomic E-state index is 0.622. The number of hydrogen-bond acceptors (Lipinski definition) is 3. The lowest BCUT2D eigenvalue weighted by molar-refractivity contribution is 0.0145. The fraction of sp³-hybridized carbons (Fsp3) is 0.400. The van der Waals surface area contributed by atoms with Crippen molar-refractivity contribution in [3.05, 3.63) is 42.1 Å². The highest BCUT2D eigenvalue weighted by Gasteiger charge is 2.30. The van der Waals surface area contributed by atoms with Gasteiger partial charge in [-0.15, -0.1) is 0 Å². The maximum Gasteiger partial charge on any atom is 0.0920 e. The third-order valence-electron chi connectivity index (χ3n) is 3.68. The summed E-state index contributed by atoms with van der Waals surface area (Å²) in [6, 6.07) is 10.00. The predicted octanol–water partition coefficient (Wildman–Crippen LogP) is 2.62. The average molecular weight is 243 g/mol. The summed E-state index contributed by atoms with van der Waals surface area (Å²) in [5.74, 6) is 0. The summed E-state index contributed by atoms with van der Waals surface area (Å²) in [6.45, 7) is 1.37. The molecule has 0 spiro atoms. The summed E-state index contributed by atoms with van der Waals surface area (Å²) in [4.78, 5) is 4.35. The summed E-state index contributed by atoms with van der Waals surface area (Å²) in [5.41, 5.74) is 1.13. The zero-order valence-electron chi connectivity index (χ0n) is 10.3. The molecule has 18 heavy (non-hydrogen) atoms. The van der Waals surface area contributed by atoms with Crippen molar-refractivity contribution in [3.63, 3.8) is 0 Å². The molecule has 94 valence electrons. The van der Waals surface area contributed by atoms with Crippen molar-refractivity contribution in [3.8, 4) is 0 Å². The van der Waals surface area contributed by atoms with Crippen molar-refractivity contribution < 1.29 is 9.84 Å². The Hall–Kier alpha value is -1.45. The number of nitrogens with zero attached hydrogens (tertiary/aromatic N) is 1. The molecule has 1 aromatic carbocycles. The van der Waals surface area contributed by atoms with Gasteiger partial charge >= 0.3 is 0 Å².